The van der Waals surface area contributed by atoms with Crippen LogP contribution in [0.25, 0.3) is 0 Å². The Morgan fingerprint density at radius 1 is 0.895 bits per heavy atom. The number of halogens is 2. The Labute approximate surface area is 237 Å². The van der Waals surface area contributed by atoms with Crippen molar-refractivity contribution in [3.8, 4) is 0 Å². The number of carbonyl (C=O) groups excluding carboxylic acids is 1. The summed E-state index contributed by atoms with van der Waals surface area (Å²) in [5, 5.41) is 4.72. The molecule has 0 spiro atoms. The van der Waals surface area contributed by atoms with Crippen molar-refractivity contribution in [2.75, 3.05) is 41.3 Å². The third kappa shape index (κ3) is 6.78. The van der Waals surface area contributed by atoms with Crippen LogP contribution in [-0.4, -0.2) is 42.1 Å². The Balaban J connectivity index is 1.20. The highest BCUT2D eigenvalue weighted by atomic mass is 35.5. The Hall–Kier alpha value is -3.26. The molecular weight excluding hydrogens is 537 g/mol. The summed E-state index contributed by atoms with van der Waals surface area (Å²) in [5.74, 6) is 1.30. The number of benzene rings is 3. The topological polar surface area (TPSA) is 61.4 Å². The molecule has 6 nitrogen and oxygen atoms in total. The molecule has 1 N–H and O–H groups in total. The van der Waals surface area contributed by atoms with E-state index in [2.05, 4.69) is 26.2 Å². The van der Waals surface area contributed by atoms with E-state index in [0.29, 0.717) is 21.6 Å². The van der Waals surface area contributed by atoms with Gasteiger partial charge in [0.2, 0.25) is 0 Å². The molecule has 5 rings (SSSR count). The summed E-state index contributed by atoms with van der Waals surface area (Å²) >= 11 is 14.0. The summed E-state index contributed by atoms with van der Waals surface area (Å²) in [4.78, 5) is 26.5. The predicted octanol–water partition coefficient (Wildman–Crippen LogP) is 6.96. The molecule has 0 saturated carbocycles. The Bertz CT molecular complexity index is 1420. The van der Waals surface area contributed by atoms with Crippen LogP contribution in [0.5, 0.6) is 0 Å². The molecule has 1 aromatic heterocycles. The van der Waals surface area contributed by atoms with Gasteiger partial charge < -0.3 is 15.1 Å². The monoisotopic (exact) mass is 563 g/mol. The van der Waals surface area contributed by atoms with E-state index in [-0.39, 0.29) is 5.91 Å². The molecule has 2 heterocycles. The largest absolute Gasteiger partial charge is 0.368 e. The van der Waals surface area contributed by atoms with Crippen LogP contribution in [0.3, 0.4) is 0 Å². The lowest BCUT2D eigenvalue weighted by atomic mass is 10.1. The second kappa shape index (κ2) is 12.1. The van der Waals surface area contributed by atoms with E-state index in [0.717, 1.165) is 59.5 Å². The van der Waals surface area contributed by atoms with Crippen LogP contribution in [0.1, 0.15) is 21.5 Å². The van der Waals surface area contributed by atoms with Crippen LogP contribution in [0.2, 0.25) is 10.2 Å². The molecule has 0 radical (unpaired) electrons. The van der Waals surface area contributed by atoms with E-state index >= 15 is 0 Å². The standard InChI is InChI=1S/C29H27Cl2N5OS/c1-20-8-10-24(11-9-20)32-28(37)22-5-2-4-21(16-22)19-38-29-33-26(31)18-27(34-29)36-14-12-35(13-15-36)25-7-3-6-23(30)17-25/h2-11,16-18H,12-15,19H2,1H3,(H,32,37). The van der Waals surface area contributed by atoms with E-state index in [1.54, 1.807) is 0 Å². The van der Waals surface area contributed by atoms with Crippen molar-refractivity contribution >= 4 is 58.1 Å². The summed E-state index contributed by atoms with van der Waals surface area (Å²) in [6.45, 7) is 5.38. The molecule has 0 aliphatic carbocycles. The van der Waals surface area contributed by atoms with Gasteiger partial charge in [0.25, 0.3) is 5.91 Å². The smallest absolute Gasteiger partial charge is 0.255 e. The zero-order chi connectivity index (χ0) is 26.5. The third-order valence-corrected chi connectivity index (χ3v) is 7.65. The van der Waals surface area contributed by atoms with E-state index in [9.17, 15) is 4.79 Å². The molecule has 0 unspecified atom stereocenters. The summed E-state index contributed by atoms with van der Waals surface area (Å²) < 4.78 is 0. The van der Waals surface area contributed by atoms with Crippen LogP contribution in [0.4, 0.5) is 17.2 Å². The lowest BCUT2D eigenvalue weighted by Gasteiger charge is -2.36. The van der Waals surface area contributed by atoms with Gasteiger partial charge in [0, 0.05) is 60.0 Å². The first kappa shape index (κ1) is 26.4. The fourth-order valence-corrected chi connectivity index (χ4v) is 5.48. The van der Waals surface area contributed by atoms with E-state index in [1.807, 2.05) is 79.7 Å². The number of rotatable bonds is 7. The highest BCUT2D eigenvalue weighted by Crippen LogP contribution is 2.27. The normalized spacial score (nSPS) is 13.4. The zero-order valence-corrected chi connectivity index (χ0v) is 23.2. The van der Waals surface area contributed by atoms with Crippen LogP contribution < -0.4 is 15.1 Å². The van der Waals surface area contributed by atoms with Gasteiger partial charge >= 0.3 is 0 Å². The molecule has 4 aromatic rings. The van der Waals surface area contributed by atoms with Gasteiger partial charge in [-0.3, -0.25) is 4.79 Å². The molecule has 194 valence electrons. The minimum Gasteiger partial charge on any atom is -0.368 e. The molecule has 0 atom stereocenters. The van der Waals surface area contributed by atoms with Crippen molar-refractivity contribution in [2.24, 2.45) is 0 Å². The number of carbonyl (C=O) groups is 1. The number of anilines is 3. The molecule has 3 aromatic carbocycles. The number of aromatic nitrogens is 2. The first-order valence-electron chi connectivity index (χ1n) is 12.3. The van der Waals surface area contributed by atoms with Crippen LogP contribution in [0, 0.1) is 6.92 Å². The Kier molecular flexibility index (Phi) is 8.37. The summed E-state index contributed by atoms with van der Waals surface area (Å²) in [7, 11) is 0. The number of nitrogens with one attached hydrogen (secondary N) is 1. The van der Waals surface area contributed by atoms with Crippen LogP contribution >= 0.6 is 35.0 Å². The SMILES string of the molecule is Cc1ccc(NC(=O)c2cccc(CSc3nc(Cl)cc(N4CCN(c5cccc(Cl)c5)CC4)n3)c2)cc1. The number of aryl methyl sites for hydroxylation is 1. The van der Waals surface area contributed by atoms with Crippen LogP contribution in [-0.2, 0) is 5.75 Å². The van der Waals surface area contributed by atoms with Crippen molar-refractivity contribution in [1.29, 1.82) is 0 Å². The van der Waals surface area contributed by atoms with Crippen molar-refractivity contribution in [2.45, 2.75) is 17.8 Å². The van der Waals surface area contributed by atoms with Gasteiger partial charge in [-0.05, 0) is 55.0 Å². The van der Waals surface area contributed by atoms with Crippen molar-refractivity contribution in [3.63, 3.8) is 0 Å². The van der Waals surface area contributed by atoms with Crippen molar-refractivity contribution in [3.05, 3.63) is 106 Å². The zero-order valence-electron chi connectivity index (χ0n) is 20.9. The number of amides is 1. The number of hydrogen-bond acceptors (Lipinski definition) is 6. The van der Waals surface area contributed by atoms with E-state index in [1.165, 1.54) is 11.8 Å². The highest BCUT2D eigenvalue weighted by molar-refractivity contribution is 7.98. The lowest BCUT2D eigenvalue weighted by Crippen LogP contribution is -2.46. The van der Waals surface area contributed by atoms with Gasteiger partial charge in [-0.1, -0.05) is 70.9 Å². The first-order chi connectivity index (χ1) is 18.4. The van der Waals surface area contributed by atoms with E-state index < -0.39 is 0 Å². The quantitative estimate of drug-likeness (QED) is 0.149. The Morgan fingerprint density at radius 2 is 1.63 bits per heavy atom. The minimum absolute atomic E-state index is 0.140. The van der Waals surface area contributed by atoms with Crippen molar-refractivity contribution in [1.82, 2.24) is 9.97 Å². The van der Waals surface area contributed by atoms with Gasteiger partial charge in [-0.15, -0.1) is 0 Å². The number of thioether (sulfide) groups is 1. The molecule has 0 bridgehead atoms. The molecular formula is C29H27Cl2N5OS. The van der Waals surface area contributed by atoms with Crippen molar-refractivity contribution < 1.29 is 4.79 Å². The Morgan fingerprint density at radius 3 is 2.39 bits per heavy atom. The molecule has 38 heavy (non-hydrogen) atoms. The van der Waals surface area contributed by atoms with Gasteiger partial charge in [-0.25, -0.2) is 9.97 Å². The number of piperazine rings is 1. The maximum atomic E-state index is 12.7. The molecule has 1 saturated heterocycles. The van der Waals surface area contributed by atoms with Gasteiger partial charge in [0.15, 0.2) is 5.16 Å². The summed E-state index contributed by atoms with van der Waals surface area (Å²) in [5.41, 5.74) is 4.66. The third-order valence-electron chi connectivity index (χ3n) is 6.30. The fourth-order valence-electron chi connectivity index (χ4n) is 4.27. The van der Waals surface area contributed by atoms with Gasteiger partial charge in [0.05, 0.1) is 0 Å². The highest BCUT2D eigenvalue weighted by Gasteiger charge is 2.20. The first-order valence-corrected chi connectivity index (χ1v) is 14.1. The summed E-state index contributed by atoms with van der Waals surface area (Å²) in [6.07, 6.45) is 0. The van der Waals surface area contributed by atoms with Crippen LogP contribution in [0.15, 0.2) is 84.0 Å². The average molecular weight is 565 g/mol. The maximum absolute atomic E-state index is 12.7. The molecule has 1 fully saturated rings. The molecule has 9 heteroatoms. The maximum Gasteiger partial charge on any atom is 0.255 e. The number of hydrogen-bond donors (Lipinski definition) is 1. The molecule has 1 amide bonds. The van der Waals surface area contributed by atoms with Gasteiger partial charge in [0.1, 0.15) is 11.0 Å². The summed E-state index contributed by atoms with van der Waals surface area (Å²) in [6, 6.07) is 25.1. The molecule has 1 aliphatic rings. The fraction of sp³-hybridized carbons (Fsp3) is 0.207. The van der Waals surface area contributed by atoms with E-state index in [4.69, 9.17) is 28.2 Å². The lowest BCUT2D eigenvalue weighted by molar-refractivity contribution is 0.102. The number of nitrogens with zero attached hydrogens (tertiary/aromatic N) is 4. The predicted molar refractivity (Wildman–Crippen MR) is 158 cm³/mol. The second-order valence-corrected chi connectivity index (χ2v) is 10.9. The molecule has 1 aliphatic heterocycles. The van der Waals surface area contributed by atoms with Gasteiger partial charge in [-0.2, -0.15) is 0 Å². The average Bonchev–Trinajstić information content (AvgIpc) is 2.93. The second-order valence-electron chi connectivity index (χ2n) is 9.09. The minimum atomic E-state index is -0.140.